The van der Waals surface area contributed by atoms with Gasteiger partial charge < -0.3 is 5.73 Å². The summed E-state index contributed by atoms with van der Waals surface area (Å²) < 4.78 is 0. The Morgan fingerprint density at radius 1 is 1.19 bits per heavy atom. The Hall–Kier alpha value is -1.66. The lowest BCUT2D eigenvalue weighted by atomic mass is 10.2. The Morgan fingerprint density at radius 3 is 2.25 bits per heavy atom. The normalized spacial score (nSPS) is 9.31. The molecule has 0 saturated carbocycles. The topological polar surface area (TPSA) is 84.2 Å². The molecule has 0 unspecified atom stereocenters. The highest BCUT2D eigenvalue weighted by Gasteiger charge is 2.08. The molecule has 0 fully saturated rings. The van der Waals surface area contributed by atoms with E-state index in [1.54, 1.807) is 12.1 Å². The maximum Gasteiger partial charge on any atom is 0.318 e. The number of nitrogens with one attached hydrogen (secondary N) is 2. The van der Waals surface area contributed by atoms with E-state index in [1.807, 2.05) is 0 Å². The average Bonchev–Trinajstić information content (AvgIpc) is 2.16. The third-order valence-corrected chi connectivity index (χ3v) is 2.03. The van der Waals surface area contributed by atoms with Crippen molar-refractivity contribution < 1.29 is 9.59 Å². The van der Waals surface area contributed by atoms with Crippen LogP contribution in [0.15, 0.2) is 24.3 Å². The molecule has 0 aliphatic heterocycles. The molecule has 1 aromatic rings. The van der Waals surface area contributed by atoms with Gasteiger partial charge in [-0.25, -0.2) is 4.79 Å². The SMILES string of the molecule is NC(=O)NC(=S)NC(=O)c1ccc(Cl)cc1. The van der Waals surface area contributed by atoms with Gasteiger partial charge in [0.25, 0.3) is 5.91 Å². The zero-order valence-electron chi connectivity index (χ0n) is 7.99. The van der Waals surface area contributed by atoms with E-state index in [2.05, 4.69) is 22.9 Å². The Bertz CT molecular complexity index is 433. The number of hydrogen-bond acceptors (Lipinski definition) is 3. The molecule has 16 heavy (non-hydrogen) atoms. The molecule has 0 aliphatic carbocycles. The molecule has 1 aromatic carbocycles. The average molecular weight is 258 g/mol. The third-order valence-electron chi connectivity index (χ3n) is 1.57. The fourth-order valence-corrected chi connectivity index (χ4v) is 1.24. The van der Waals surface area contributed by atoms with Gasteiger partial charge in [0.1, 0.15) is 0 Å². The molecular weight excluding hydrogens is 250 g/mol. The second-order valence-corrected chi connectivity index (χ2v) is 3.62. The zero-order chi connectivity index (χ0) is 12.1. The second kappa shape index (κ2) is 5.43. The molecule has 84 valence electrons. The number of carbonyl (C=O) groups is 2. The monoisotopic (exact) mass is 257 g/mol. The summed E-state index contributed by atoms with van der Waals surface area (Å²) in [7, 11) is 0. The first-order chi connectivity index (χ1) is 7.49. The molecule has 0 aliphatic rings. The van der Waals surface area contributed by atoms with Gasteiger partial charge in [0.05, 0.1) is 0 Å². The van der Waals surface area contributed by atoms with Crippen LogP contribution in [-0.2, 0) is 0 Å². The number of thiocarbonyl (C=S) groups is 1. The van der Waals surface area contributed by atoms with Gasteiger partial charge in [-0.15, -0.1) is 0 Å². The maximum atomic E-state index is 11.5. The standard InChI is InChI=1S/C9H8ClN3O2S/c10-6-3-1-5(2-4-6)7(14)12-9(16)13-8(11)15/h1-4H,(H4,11,12,13,14,15,16). The number of halogens is 1. The van der Waals surface area contributed by atoms with Crippen molar-refractivity contribution in [3.63, 3.8) is 0 Å². The number of urea groups is 1. The molecule has 3 amide bonds. The Kier molecular flexibility index (Phi) is 4.21. The fourth-order valence-electron chi connectivity index (χ4n) is 0.920. The smallest absolute Gasteiger partial charge is 0.318 e. The van der Waals surface area contributed by atoms with Crippen molar-refractivity contribution in [1.82, 2.24) is 10.6 Å². The highest BCUT2D eigenvalue weighted by molar-refractivity contribution is 7.80. The van der Waals surface area contributed by atoms with E-state index in [0.29, 0.717) is 10.6 Å². The van der Waals surface area contributed by atoms with Gasteiger partial charge in [0, 0.05) is 10.6 Å². The molecular formula is C9H8ClN3O2S. The Balaban J connectivity index is 2.62. The zero-order valence-corrected chi connectivity index (χ0v) is 9.56. The van der Waals surface area contributed by atoms with Crippen LogP contribution in [-0.4, -0.2) is 17.1 Å². The van der Waals surface area contributed by atoms with Crippen LogP contribution in [0.3, 0.4) is 0 Å². The summed E-state index contributed by atoms with van der Waals surface area (Å²) in [5, 5.41) is 4.73. The van der Waals surface area contributed by atoms with E-state index in [-0.39, 0.29) is 5.11 Å². The summed E-state index contributed by atoms with van der Waals surface area (Å²) in [6.07, 6.45) is 0. The molecule has 5 nitrogen and oxygen atoms in total. The van der Waals surface area contributed by atoms with Crippen molar-refractivity contribution >= 4 is 40.9 Å². The van der Waals surface area contributed by atoms with Crippen LogP contribution >= 0.6 is 23.8 Å². The van der Waals surface area contributed by atoms with Gasteiger partial charge in [0.15, 0.2) is 5.11 Å². The van der Waals surface area contributed by atoms with Crippen LogP contribution in [0.1, 0.15) is 10.4 Å². The Labute approximate surface area is 102 Å². The summed E-state index contributed by atoms with van der Waals surface area (Å²) in [6, 6.07) is 5.37. The first kappa shape index (κ1) is 12.4. The van der Waals surface area contributed by atoms with E-state index in [0.717, 1.165) is 0 Å². The number of primary amides is 1. The minimum Gasteiger partial charge on any atom is -0.351 e. The van der Waals surface area contributed by atoms with E-state index in [4.69, 9.17) is 17.3 Å². The summed E-state index contributed by atoms with van der Waals surface area (Å²) in [5.41, 5.74) is 5.19. The van der Waals surface area contributed by atoms with Gasteiger partial charge in [-0.1, -0.05) is 11.6 Å². The summed E-state index contributed by atoms with van der Waals surface area (Å²) in [4.78, 5) is 21.9. The van der Waals surface area contributed by atoms with Gasteiger partial charge in [-0.3, -0.25) is 15.4 Å². The van der Waals surface area contributed by atoms with Gasteiger partial charge in [-0.2, -0.15) is 0 Å². The van der Waals surface area contributed by atoms with Crippen LogP contribution in [0.25, 0.3) is 0 Å². The third kappa shape index (κ3) is 3.84. The van der Waals surface area contributed by atoms with Gasteiger partial charge in [0.2, 0.25) is 0 Å². The maximum absolute atomic E-state index is 11.5. The van der Waals surface area contributed by atoms with Crippen LogP contribution < -0.4 is 16.4 Å². The number of amides is 3. The summed E-state index contributed by atoms with van der Waals surface area (Å²) in [5.74, 6) is -0.449. The summed E-state index contributed by atoms with van der Waals surface area (Å²) >= 11 is 10.3. The molecule has 7 heteroatoms. The van der Waals surface area contributed by atoms with Crippen molar-refractivity contribution in [3.05, 3.63) is 34.9 Å². The summed E-state index contributed by atoms with van der Waals surface area (Å²) in [6.45, 7) is 0. The minimum absolute atomic E-state index is 0.146. The number of hydrogen-bond donors (Lipinski definition) is 3. The highest BCUT2D eigenvalue weighted by Crippen LogP contribution is 2.09. The lowest BCUT2D eigenvalue weighted by molar-refractivity contribution is 0.0977. The lowest BCUT2D eigenvalue weighted by Gasteiger charge is -2.06. The van der Waals surface area contributed by atoms with Crippen LogP contribution in [0.5, 0.6) is 0 Å². The van der Waals surface area contributed by atoms with E-state index >= 15 is 0 Å². The molecule has 0 saturated heterocycles. The molecule has 0 radical (unpaired) electrons. The van der Waals surface area contributed by atoms with Crippen molar-refractivity contribution in [2.75, 3.05) is 0 Å². The lowest BCUT2D eigenvalue weighted by Crippen LogP contribution is -2.44. The second-order valence-electron chi connectivity index (χ2n) is 2.78. The highest BCUT2D eigenvalue weighted by atomic mass is 35.5. The number of nitrogens with two attached hydrogens (primary N) is 1. The van der Waals surface area contributed by atoms with Gasteiger partial charge in [-0.05, 0) is 36.5 Å². The number of rotatable bonds is 1. The predicted molar refractivity (Wildman–Crippen MR) is 64.2 cm³/mol. The van der Waals surface area contributed by atoms with Crippen LogP contribution in [0.2, 0.25) is 5.02 Å². The van der Waals surface area contributed by atoms with Crippen molar-refractivity contribution in [2.24, 2.45) is 5.73 Å². The van der Waals surface area contributed by atoms with E-state index < -0.39 is 11.9 Å². The molecule has 0 atom stereocenters. The minimum atomic E-state index is -0.832. The predicted octanol–water partition coefficient (Wildman–Crippen LogP) is 1.02. The van der Waals surface area contributed by atoms with Gasteiger partial charge >= 0.3 is 6.03 Å². The van der Waals surface area contributed by atoms with Crippen molar-refractivity contribution in [3.8, 4) is 0 Å². The largest absolute Gasteiger partial charge is 0.351 e. The van der Waals surface area contributed by atoms with Crippen molar-refractivity contribution in [1.29, 1.82) is 0 Å². The number of carbonyl (C=O) groups excluding carboxylic acids is 2. The van der Waals surface area contributed by atoms with Crippen molar-refractivity contribution in [2.45, 2.75) is 0 Å². The quantitative estimate of drug-likeness (QED) is 0.657. The first-order valence-corrected chi connectivity index (χ1v) is 4.95. The van der Waals surface area contributed by atoms with Crippen LogP contribution in [0, 0.1) is 0 Å². The Morgan fingerprint density at radius 2 is 1.75 bits per heavy atom. The van der Waals surface area contributed by atoms with E-state index in [9.17, 15) is 9.59 Å². The fraction of sp³-hybridized carbons (Fsp3) is 0. The molecule has 0 aromatic heterocycles. The van der Waals surface area contributed by atoms with E-state index in [1.165, 1.54) is 12.1 Å². The molecule has 1 rings (SSSR count). The molecule has 0 bridgehead atoms. The molecule has 0 heterocycles. The van der Waals surface area contributed by atoms with Crippen LogP contribution in [0.4, 0.5) is 4.79 Å². The molecule has 4 N–H and O–H groups in total. The number of benzene rings is 1. The molecule has 0 spiro atoms. The first-order valence-electron chi connectivity index (χ1n) is 4.16.